The van der Waals surface area contributed by atoms with Crippen LogP contribution in [-0.4, -0.2) is 33.8 Å². The largest absolute Gasteiger partial charge is 0.436 e. The normalized spacial score (nSPS) is 16.1. The molecule has 112 valence electrons. The third kappa shape index (κ3) is 2.97. The van der Waals surface area contributed by atoms with Crippen LogP contribution in [0.1, 0.15) is 41.0 Å². The molecule has 1 aliphatic rings. The highest BCUT2D eigenvalue weighted by atomic mass is 16.4. The second-order valence-electron chi connectivity index (χ2n) is 5.29. The van der Waals surface area contributed by atoms with Gasteiger partial charge in [-0.1, -0.05) is 0 Å². The van der Waals surface area contributed by atoms with Crippen molar-refractivity contribution in [1.29, 1.82) is 0 Å². The summed E-state index contributed by atoms with van der Waals surface area (Å²) in [6, 6.07) is 0.395. The van der Waals surface area contributed by atoms with Gasteiger partial charge in [0.1, 0.15) is 0 Å². The standard InChI is InChI=1S/C14H19N5O2/c1-9-13(21-10(2)17-9)14(20)18-11-7-16-19(8-11)12-3-5-15-6-4-12/h7-8,12,15H,3-6H2,1-2H3,(H,18,20). The maximum absolute atomic E-state index is 12.1. The van der Waals surface area contributed by atoms with Gasteiger partial charge in [0, 0.05) is 13.1 Å². The summed E-state index contributed by atoms with van der Waals surface area (Å²) in [5.74, 6) is 0.447. The van der Waals surface area contributed by atoms with Crippen LogP contribution in [0.5, 0.6) is 0 Å². The van der Waals surface area contributed by atoms with Crippen LogP contribution in [0, 0.1) is 13.8 Å². The van der Waals surface area contributed by atoms with Gasteiger partial charge in [-0.2, -0.15) is 5.10 Å². The monoisotopic (exact) mass is 289 g/mol. The summed E-state index contributed by atoms with van der Waals surface area (Å²) in [6.45, 7) is 5.48. The molecule has 0 atom stereocenters. The summed E-state index contributed by atoms with van der Waals surface area (Å²) in [5, 5.41) is 10.5. The molecule has 7 heteroatoms. The molecular weight excluding hydrogens is 270 g/mol. The Bertz CT molecular complexity index is 640. The van der Waals surface area contributed by atoms with Gasteiger partial charge in [-0.15, -0.1) is 0 Å². The quantitative estimate of drug-likeness (QED) is 0.897. The molecule has 1 fully saturated rings. The molecule has 21 heavy (non-hydrogen) atoms. The number of aromatic nitrogens is 3. The van der Waals surface area contributed by atoms with E-state index < -0.39 is 0 Å². The molecule has 0 aliphatic carbocycles. The number of aryl methyl sites for hydroxylation is 2. The van der Waals surface area contributed by atoms with Crippen LogP contribution in [0.4, 0.5) is 5.69 Å². The van der Waals surface area contributed by atoms with Gasteiger partial charge < -0.3 is 15.1 Å². The van der Waals surface area contributed by atoms with Crippen LogP contribution >= 0.6 is 0 Å². The number of carbonyl (C=O) groups excluding carboxylic acids is 1. The molecular formula is C14H19N5O2. The highest BCUT2D eigenvalue weighted by Crippen LogP contribution is 2.20. The molecule has 0 saturated carbocycles. The molecule has 2 N–H and O–H groups in total. The molecule has 1 aliphatic heterocycles. The Hall–Kier alpha value is -2.15. The fraction of sp³-hybridized carbons (Fsp3) is 0.500. The fourth-order valence-corrected chi connectivity index (χ4v) is 2.60. The van der Waals surface area contributed by atoms with E-state index in [-0.39, 0.29) is 11.7 Å². The van der Waals surface area contributed by atoms with Crippen molar-refractivity contribution in [3.05, 3.63) is 29.7 Å². The maximum atomic E-state index is 12.1. The molecule has 1 saturated heterocycles. The lowest BCUT2D eigenvalue weighted by molar-refractivity contribution is 0.0994. The van der Waals surface area contributed by atoms with Gasteiger partial charge in [0.15, 0.2) is 5.89 Å². The summed E-state index contributed by atoms with van der Waals surface area (Å²) in [4.78, 5) is 16.2. The summed E-state index contributed by atoms with van der Waals surface area (Å²) in [7, 11) is 0. The number of nitrogens with zero attached hydrogens (tertiary/aromatic N) is 3. The van der Waals surface area contributed by atoms with E-state index in [9.17, 15) is 4.79 Å². The molecule has 0 spiro atoms. The number of rotatable bonds is 3. The number of nitrogens with one attached hydrogen (secondary N) is 2. The Morgan fingerprint density at radius 3 is 2.86 bits per heavy atom. The maximum Gasteiger partial charge on any atom is 0.293 e. The Balaban J connectivity index is 1.69. The van der Waals surface area contributed by atoms with Gasteiger partial charge in [-0.25, -0.2) is 4.98 Å². The first-order chi connectivity index (χ1) is 10.1. The van der Waals surface area contributed by atoms with Crippen molar-refractivity contribution in [2.24, 2.45) is 0 Å². The minimum Gasteiger partial charge on any atom is -0.436 e. The average molecular weight is 289 g/mol. The molecule has 2 aromatic heterocycles. The first-order valence-corrected chi connectivity index (χ1v) is 7.14. The number of carbonyl (C=O) groups is 1. The van der Waals surface area contributed by atoms with E-state index >= 15 is 0 Å². The Morgan fingerprint density at radius 2 is 2.19 bits per heavy atom. The third-order valence-electron chi connectivity index (χ3n) is 3.65. The highest BCUT2D eigenvalue weighted by Gasteiger charge is 2.19. The summed E-state index contributed by atoms with van der Waals surface area (Å²) in [5.41, 5.74) is 1.27. The van der Waals surface area contributed by atoms with Crippen molar-refractivity contribution in [2.75, 3.05) is 18.4 Å². The molecule has 3 rings (SSSR count). The molecule has 1 amide bonds. The number of oxazole rings is 1. The second kappa shape index (κ2) is 5.69. The SMILES string of the molecule is Cc1nc(C)c(C(=O)Nc2cnn(C3CCNCC3)c2)o1. The number of amides is 1. The van der Waals surface area contributed by atoms with Crippen LogP contribution in [0.2, 0.25) is 0 Å². The van der Waals surface area contributed by atoms with E-state index in [1.165, 1.54) is 0 Å². The summed E-state index contributed by atoms with van der Waals surface area (Å²) < 4.78 is 7.24. The van der Waals surface area contributed by atoms with Crippen LogP contribution in [0.3, 0.4) is 0 Å². The minimum atomic E-state index is -0.294. The molecule has 0 bridgehead atoms. The number of piperidine rings is 1. The van der Waals surface area contributed by atoms with E-state index in [0.717, 1.165) is 25.9 Å². The first kappa shape index (κ1) is 13.8. The van der Waals surface area contributed by atoms with E-state index in [1.54, 1.807) is 20.0 Å². The lowest BCUT2D eigenvalue weighted by atomic mass is 10.1. The first-order valence-electron chi connectivity index (χ1n) is 7.14. The van der Waals surface area contributed by atoms with Gasteiger partial charge in [0.25, 0.3) is 5.91 Å². The van der Waals surface area contributed by atoms with Crippen LogP contribution in [-0.2, 0) is 0 Å². The van der Waals surface area contributed by atoms with Crippen LogP contribution in [0.15, 0.2) is 16.8 Å². The average Bonchev–Trinajstić information content (AvgIpc) is 3.06. The van der Waals surface area contributed by atoms with Gasteiger partial charge in [-0.05, 0) is 32.9 Å². The smallest absolute Gasteiger partial charge is 0.293 e. The van der Waals surface area contributed by atoms with E-state index in [2.05, 4.69) is 20.7 Å². The predicted octanol–water partition coefficient (Wildman–Crippen LogP) is 1.66. The van der Waals surface area contributed by atoms with Crippen molar-refractivity contribution in [1.82, 2.24) is 20.1 Å². The van der Waals surface area contributed by atoms with Crippen molar-refractivity contribution in [3.63, 3.8) is 0 Å². The zero-order valence-electron chi connectivity index (χ0n) is 12.2. The topological polar surface area (TPSA) is 85.0 Å². The van der Waals surface area contributed by atoms with E-state index in [4.69, 9.17) is 4.42 Å². The lowest BCUT2D eigenvalue weighted by Gasteiger charge is -2.22. The summed E-state index contributed by atoms with van der Waals surface area (Å²) >= 11 is 0. The minimum absolute atomic E-state index is 0.252. The van der Waals surface area contributed by atoms with Crippen LogP contribution in [0.25, 0.3) is 0 Å². The van der Waals surface area contributed by atoms with E-state index in [1.807, 2.05) is 10.9 Å². The molecule has 7 nitrogen and oxygen atoms in total. The Morgan fingerprint density at radius 1 is 1.43 bits per heavy atom. The van der Waals surface area contributed by atoms with Crippen LogP contribution < -0.4 is 10.6 Å². The number of hydrogen-bond acceptors (Lipinski definition) is 5. The van der Waals surface area contributed by atoms with Crippen molar-refractivity contribution in [2.45, 2.75) is 32.7 Å². The zero-order chi connectivity index (χ0) is 14.8. The predicted molar refractivity (Wildman–Crippen MR) is 77.3 cm³/mol. The third-order valence-corrected chi connectivity index (χ3v) is 3.65. The van der Waals surface area contributed by atoms with Crippen molar-refractivity contribution >= 4 is 11.6 Å². The molecule has 0 radical (unpaired) electrons. The molecule has 2 aromatic rings. The molecule has 0 aromatic carbocycles. The molecule has 3 heterocycles. The van der Waals surface area contributed by atoms with Gasteiger partial charge in [0.2, 0.25) is 5.76 Å². The highest BCUT2D eigenvalue weighted by molar-refractivity contribution is 6.02. The zero-order valence-corrected chi connectivity index (χ0v) is 12.2. The lowest BCUT2D eigenvalue weighted by Crippen LogP contribution is -2.29. The van der Waals surface area contributed by atoms with Crippen molar-refractivity contribution < 1.29 is 9.21 Å². The summed E-state index contributed by atoms with van der Waals surface area (Å²) in [6.07, 6.45) is 5.63. The van der Waals surface area contributed by atoms with Gasteiger partial charge in [-0.3, -0.25) is 9.48 Å². The number of hydrogen-bond donors (Lipinski definition) is 2. The fourth-order valence-electron chi connectivity index (χ4n) is 2.60. The number of anilines is 1. The van der Waals surface area contributed by atoms with Gasteiger partial charge in [0.05, 0.1) is 23.6 Å². The van der Waals surface area contributed by atoms with Crippen molar-refractivity contribution in [3.8, 4) is 0 Å². The van der Waals surface area contributed by atoms with E-state index in [0.29, 0.717) is 23.3 Å². The Labute approximate surface area is 122 Å². The molecule has 0 unspecified atom stereocenters. The Kier molecular flexibility index (Phi) is 3.74. The van der Waals surface area contributed by atoms with Gasteiger partial charge >= 0.3 is 0 Å². The second-order valence-corrected chi connectivity index (χ2v) is 5.29.